The minimum absolute atomic E-state index is 0.118. The molecule has 88 valence electrons. The van der Waals surface area contributed by atoms with Gasteiger partial charge in [-0.2, -0.15) is 8.42 Å². The van der Waals surface area contributed by atoms with Gasteiger partial charge < -0.3 is 4.18 Å². The number of hydrogen-bond donors (Lipinski definition) is 0. The highest BCUT2D eigenvalue weighted by molar-refractivity contribution is 7.87. The van der Waals surface area contributed by atoms with Crippen LogP contribution in [0.15, 0.2) is 47.6 Å². The van der Waals surface area contributed by atoms with Gasteiger partial charge in [0.15, 0.2) is 0 Å². The lowest BCUT2D eigenvalue weighted by Crippen LogP contribution is -2.12. The normalized spacial score (nSPS) is 11.1. The Bertz CT molecular complexity index is 612. The van der Waals surface area contributed by atoms with Crippen molar-refractivity contribution in [1.29, 1.82) is 0 Å². The molecule has 0 bridgehead atoms. The van der Waals surface area contributed by atoms with Crippen molar-refractivity contribution in [3.05, 3.63) is 48.3 Å². The van der Waals surface area contributed by atoms with Crippen molar-refractivity contribution in [3.8, 4) is 6.01 Å². The Morgan fingerprint density at radius 3 is 2.35 bits per heavy atom. The van der Waals surface area contributed by atoms with Crippen LogP contribution in [0.3, 0.4) is 0 Å². The molecule has 0 aliphatic carbocycles. The van der Waals surface area contributed by atoms with Crippen molar-refractivity contribution < 1.29 is 12.6 Å². The summed E-state index contributed by atoms with van der Waals surface area (Å²) in [6, 6.07) is 7.96. The highest BCUT2D eigenvalue weighted by Gasteiger charge is 2.19. The average molecular weight is 250 g/mol. The molecule has 17 heavy (non-hydrogen) atoms. The van der Waals surface area contributed by atoms with Crippen molar-refractivity contribution >= 4 is 10.1 Å². The zero-order valence-electron chi connectivity index (χ0n) is 9.07. The van der Waals surface area contributed by atoms with E-state index in [2.05, 4.69) is 9.97 Å². The monoisotopic (exact) mass is 250 g/mol. The number of aryl methyl sites for hydroxylation is 1. The number of hydrogen-bond acceptors (Lipinski definition) is 5. The first-order chi connectivity index (χ1) is 8.09. The van der Waals surface area contributed by atoms with Crippen molar-refractivity contribution in [2.24, 2.45) is 0 Å². The molecule has 0 amide bonds. The van der Waals surface area contributed by atoms with E-state index in [1.807, 2.05) is 0 Å². The smallest absolute Gasteiger partial charge is 0.339 e. The Hall–Kier alpha value is -1.95. The van der Waals surface area contributed by atoms with Crippen LogP contribution in [0, 0.1) is 6.92 Å². The van der Waals surface area contributed by atoms with E-state index in [1.165, 1.54) is 18.5 Å². The molecule has 0 radical (unpaired) electrons. The summed E-state index contributed by atoms with van der Waals surface area (Å²) in [6.45, 7) is 1.70. The first-order valence-corrected chi connectivity index (χ1v) is 6.27. The first-order valence-electron chi connectivity index (χ1n) is 4.87. The van der Waals surface area contributed by atoms with Gasteiger partial charge >= 0.3 is 16.1 Å². The molecule has 1 aromatic heterocycles. The molecule has 0 spiro atoms. The van der Waals surface area contributed by atoms with Gasteiger partial charge in [0, 0.05) is 12.4 Å². The lowest BCUT2D eigenvalue weighted by Gasteiger charge is -2.06. The van der Waals surface area contributed by atoms with E-state index in [0.29, 0.717) is 5.56 Å². The molecule has 0 aliphatic heterocycles. The largest absolute Gasteiger partial charge is 0.342 e. The molecule has 1 heterocycles. The molecule has 0 N–H and O–H groups in total. The summed E-state index contributed by atoms with van der Waals surface area (Å²) in [6.07, 6.45) is 2.82. The lowest BCUT2D eigenvalue weighted by atomic mass is 10.2. The molecule has 1 aromatic carbocycles. The fourth-order valence-electron chi connectivity index (χ4n) is 1.31. The SMILES string of the molecule is Cc1ccccc1S(=O)(=O)Oc1ncccn1. The molecule has 6 heteroatoms. The van der Waals surface area contributed by atoms with Gasteiger partial charge in [0.05, 0.1) is 0 Å². The molecule has 0 aliphatic rings. The summed E-state index contributed by atoms with van der Waals surface area (Å²) in [5, 5.41) is 0. The van der Waals surface area contributed by atoms with E-state index in [9.17, 15) is 8.42 Å². The summed E-state index contributed by atoms with van der Waals surface area (Å²) < 4.78 is 28.7. The van der Waals surface area contributed by atoms with E-state index < -0.39 is 10.1 Å². The average Bonchev–Trinajstić information content (AvgIpc) is 2.30. The van der Waals surface area contributed by atoms with Crippen LogP contribution in [0.1, 0.15) is 5.56 Å². The third-order valence-corrected chi connectivity index (χ3v) is 3.45. The second-order valence-corrected chi connectivity index (χ2v) is 4.85. The van der Waals surface area contributed by atoms with Gasteiger partial charge in [0.2, 0.25) is 0 Å². The molecule has 0 saturated heterocycles. The number of aromatic nitrogens is 2. The Balaban J connectivity index is 2.36. The van der Waals surface area contributed by atoms with Gasteiger partial charge in [-0.15, -0.1) is 0 Å². The lowest BCUT2D eigenvalue weighted by molar-refractivity contribution is 0.463. The van der Waals surface area contributed by atoms with Crippen molar-refractivity contribution in [2.75, 3.05) is 0 Å². The number of nitrogens with zero attached hydrogens (tertiary/aromatic N) is 2. The molecule has 2 rings (SSSR count). The van der Waals surface area contributed by atoms with Crippen LogP contribution in [0.5, 0.6) is 6.01 Å². The first kappa shape index (κ1) is 11.5. The van der Waals surface area contributed by atoms with Crippen LogP contribution in [0.2, 0.25) is 0 Å². The Morgan fingerprint density at radius 2 is 1.71 bits per heavy atom. The van der Waals surface area contributed by atoms with Crippen LogP contribution >= 0.6 is 0 Å². The van der Waals surface area contributed by atoms with E-state index in [-0.39, 0.29) is 10.9 Å². The van der Waals surface area contributed by atoms with E-state index in [4.69, 9.17) is 4.18 Å². The maximum atomic E-state index is 11.9. The molecule has 5 nitrogen and oxygen atoms in total. The van der Waals surface area contributed by atoms with Crippen LogP contribution in [-0.4, -0.2) is 18.4 Å². The van der Waals surface area contributed by atoms with Crippen molar-refractivity contribution in [3.63, 3.8) is 0 Å². The van der Waals surface area contributed by atoms with Gasteiger partial charge in [0.1, 0.15) is 4.90 Å². The third-order valence-electron chi connectivity index (χ3n) is 2.09. The summed E-state index contributed by atoms with van der Waals surface area (Å²) in [4.78, 5) is 7.53. The molecule has 0 unspecified atom stereocenters. The highest BCUT2D eigenvalue weighted by atomic mass is 32.2. The van der Waals surface area contributed by atoms with E-state index >= 15 is 0 Å². The maximum absolute atomic E-state index is 11.9. The van der Waals surface area contributed by atoms with Gasteiger partial charge in [0.25, 0.3) is 0 Å². The fourth-order valence-corrected chi connectivity index (χ4v) is 2.39. The summed E-state index contributed by atoms with van der Waals surface area (Å²) in [5.74, 6) is 0. The van der Waals surface area contributed by atoms with Gasteiger partial charge in [-0.3, -0.25) is 0 Å². The van der Waals surface area contributed by atoms with Crippen molar-refractivity contribution in [1.82, 2.24) is 9.97 Å². The zero-order valence-corrected chi connectivity index (χ0v) is 9.89. The highest BCUT2D eigenvalue weighted by Crippen LogP contribution is 2.17. The second kappa shape index (κ2) is 4.50. The molecular formula is C11H10N2O3S. The quantitative estimate of drug-likeness (QED) is 0.773. The Kier molecular flexibility index (Phi) is 3.06. The third kappa shape index (κ3) is 2.59. The molecule has 0 fully saturated rings. The molecule has 0 saturated carbocycles. The number of rotatable bonds is 3. The predicted octanol–water partition coefficient (Wildman–Crippen LogP) is 1.55. The minimum Gasteiger partial charge on any atom is -0.339 e. The van der Waals surface area contributed by atoms with Gasteiger partial charge in [-0.05, 0) is 24.6 Å². The second-order valence-electron chi connectivity index (χ2n) is 3.33. The van der Waals surface area contributed by atoms with E-state index in [0.717, 1.165) is 0 Å². The fraction of sp³-hybridized carbons (Fsp3) is 0.0909. The van der Waals surface area contributed by atoms with E-state index in [1.54, 1.807) is 31.2 Å². The maximum Gasteiger partial charge on any atom is 0.342 e. The summed E-state index contributed by atoms with van der Waals surface area (Å²) >= 11 is 0. The Labute approximate surface area is 99.2 Å². The molecule has 2 aromatic rings. The zero-order chi connectivity index (χ0) is 12.3. The standard InChI is InChI=1S/C11H10N2O3S/c1-9-5-2-3-6-10(9)17(14,15)16-11-12-7-4-8-13-11/h2-8H,1H3. The van der Waals surface area contributed by atoms with Crippen LogP contribution in [0.25, 0.3) is 0 Å². The number of benzene rings is 1. The Morgan fingerprint density at radius 1 is 1.06 bits per heavy atom. The van der Waals surface area contributed by atoms with Crippen molar-refractivity contribution in [2.45, 2.75) is 11.8 Å². The van der Waals surface area contributed by atoms with Gasteiger partial charge in [-0.1, -0.05) is 18.2 Å². The molecular weight excluding hydrogens is 240 g/mol. The predicted molar refractivity (Wildman–Crippen MR) is 61.0 cm³/mol. The van der Waals surface area contributed by atoms with Crippen LogP contribution in [0.4, 0.5) is 0 Å². The van der Waals surface area contributed by atoms with Gasteiger partial charge in [-0.25, -0.2) is 9.97 Å². The topological polar surface area (TPSA) is 69.2 Å². The summed E-state index contributed by atoms with van der Waals surface area (Å²) in [5.41, 5.74) is 0.614. The summed E-state index contributed by atoms with van der Waals surface area (Å²) in [7, 11) is -3.87. The van der Waals surface area contributed by atoms with Crippen LogP contribution < -0.4 is 4.18 Å². The molecule has 0 atom stereocenters. The van der Waals surface area contributed by atoms with Crippen LogP contribution in [-0.2, 0) is 10.1 Å². The minimum atomic E-state index is -3.87.